The van der Waals surface area contributed by atoms with Gasteiger partial charge in [0.05, 0.1) is 17.7 Å². The van der Waals surface area contributed by atoms with Gasteiger partial charge in [-0.1, -0.05) is 11.6 Å². The first-order valence-corrected chi connectivity index (χ1v) is 7.57. The number of methoxy groups -OCH3 is 1. The predicted molar refractivity (Wildman–Crippen MR) is 84.3 cm³/mol. The molecule has 2 amide bonds. The number of carbonyl (C=O) groups excluding carboxylic acids is 2. The van der Waals surface area contributed by atoms with Gasteiger partial charge in [0.25, 0.3) is 5.91 Å². The number of nitrogens with zero attached hydrogens (tertiary/aromatic N) is 1. The Balaban J connectivity index is 2.28. The molecular weight excluding hydrogens is 395 g/mol. The van der Waals surface area contributed by atoms with Crippen molar-refractivity contribution in [3.8, 4) is 5.75 Å². The predicted octanol–water partition coefficient (Wildman–Crippen LogP) is 1.92. The molecule has 1 aromatic carbocycles. The Hall–Kier alpha value is -1.02. The summed E-state index contributed by atoms with van der Waals surface area (Å²) in [6.45, 7) is 1.35. The second kappa shape index (κ2) is 6.62. The zero-order valence-electron chi connectivity index (χ0n) is 10.9. The lowest BCUT2D eigenvalue weighted by molar-refractivity contribution is -0.120. The van der Waals surface area contributed by atoms with Crippen molar-refractivity contribution in [3.63, 3.8) is 0 Å². The van der Waals surface area contributed by atoms with Crippen LogP contribution in [0.2, 0.25) is 5.02 Å². The first-order valence-electron chi connectivity index (χ1n) is 6.12. The highest BCUT2D eigenvalue weighted by atomic mass is 127. The van der Waals surface area contributed by atoms with Crippen molar-refractivity contribution >= 4 is 46.0 Å². The molecule has 1 N–H and O–H groups in total. The number of hydrogen-bond acceptors (Lipinski definition) is 3. The van der Waals surface area contributed by atoms with Crippen molar-refractivity contribution in [1.29, 1.82) is 0 Å². The van der Waals surface area contributed by atoms with E-state index in [1.165, 1.54) is 7.11 Å². The molecule has 5 nitrogen and oxygen atoms in total. The van der Waals surface area contributed by atoms with E-state index in [2.05, 4.69) is 27.9 Å². The highest BCUT2D eigenvalue weighted by Crippen LogP contribution is 2.29. The van der Waals surface area contributed by atoms with Crippen molar-refractivity contribution in [3.05, 3.63) is 26.3 Å². The van der Waals surface area contributed by atoms with Gasteiger partial charge in [0, 0.05) is 29.6 Å². The SMILES string of the molecule is COc1cc(I)c(Cl)cc1C(=O)N1CCNC(=O)CC1. The fourth-order valence-electron chi connectivity index (χ4n) is 2.01. The number of rotatable bonds is 2. The van der Waals surface area contributed by atoms with Gasteiger partial charge in [0.1, 0.15) is 5.75 Å². The zero-order valence-corrected chi connectivity index (χ0v) is 13.8. The van der Waals surface area contributed by atoms with Crippen LogP contribution in [0.1, 0.15) is 16.8 Å². The summed E-state index contributed by atoms with van der Waals surface area (Å²) in [5, 5.41) is 3.25. The minimum atomic E-state index is -0.170. The first kappa shape index (κ1) is 15.4. The fraction of sp³-hybridized carbons (Fsp3) is 0.385. The monoisotopic (exact) mass is 408 g/mol. The second-order valence-electron chi connectivity index (χ2n) is 4.36. The number of nitrogens with one attached hydrogen (secondary N) is 1. The average Bonchev–Trinajstić information content (AvgIpc) is 2.65. The normalized spacial score (nSPS) is 15.6. The Morgan fingerprint density at radius 2 is 2.20 bits per heavy atom. The standard InChI is InChI=1S/C13H14ClIN2O3/c1-20-11-7-10(15)9(14)6-8(11)13(19)17-4-2-12(18)16-3-5-17/h6-7H,2-5H2,1H3,(H,16,18). The Labute approximate surface area is 135 Å². The number of ether oxygens (including phenoxy) is 1. The Morgan fingerprint density at radius 1 is 1.45 bits per heavy atom. The molecule has 1 aliphatic rings. The summed E-state index contributed by atoms with van der Waals surface area (Å²) in [7, 11) is 1.52. The molecule has 0 radical (unpaired) electrons. The largest absolute Gasteiger partial charge is 0.496 e. The zero-order chi connectivity index (χ0) is 14.7. The van der Waals surface area contributed by atoms with Gasteiger partial charge in [-0.25, -0.2) is 0 Å². The van der Waals surface area contributed by atoms with Gasteiger partial charge in [-0.15, -0.1) is 0 Å². The molecule has 1 aromatic rings. The molecule has 108 valence electrons. The maximum Gasteiger partial charge on any atom is 0.257 e. The fourth-order valence-corrected chi connectivity index (χ4v) is 2.61. The van der Waals surface area contributed by atoms with E-state index in [0.717, 1.165) is 3.57 Å². The minimum Gasteiger partial charge on any atom is -0.496 e. The summed E-state index contributed by atoms with van der Waals surface area (Å²) in [4.78, 5) is 25.5. The lowest BCUT2D eigenvalue weighted by atomic mass is 10.1. The lowest BCUT2D eigenvalue weighted by Crippen LogP contribution is -2.34. The Kier molecular flexibility index (Phi) is 5.09. The maximum absolute atomic E-state index is 12.5. The quantitative estimate of drug-likeness (QED) is 0.761. The number of carbonyl (C=O) groups is 2. The summed E-state index contributed by atoms with van der Waals surface area (Å²) in [5.74, 6) is 0.289. The van der Waals surface area contributed by atoms with E-state index in [-0.39, 0.29) is 11.8 Å². The van der Waals surface area contributed by atoms with E-state index >= 15 is 0 Å². The summed E-state index contributed by atoms with van der Waals surface area (Å²) in [5.41, 5.74) is 0.423. The molecule has 1 aliphatic heterocycles. The van der Waals surface area contributed by atoms with E-state index in [0.29, 0.717) is 42.4 Å². The second-order valence-corrected chi connectivity index (χ2v) is 5.93. The number of hydrogen-bond donors (Lipinski definition) is 1. The summed E-state index contributed by atoms with van der Waals surface area (Å²) in [6.07, 6.45) is 0.312. The van der Waals surface area contributed by atoms with Crippen LogP contribution in [0.25, 0.3) is 0 Å². The summed E-state index contributed by atoms with van der Waals surface area (Å²) < 4.78 is 6.08. The molecule has 1 saturated heterocycles. The van der Waals surface area contributed by atoms with E-state index in [9.17, 15) is 9.59 Å². The van der Waals surface area contributed by atoms with Crippen molar-refractivity contribution in [2.24, 2.45) is 0 Å². The minimum absolute atomic E-state index is 0.0343. The van der Waals surface area contributed by atoms with Crippen LogP contribution in [-0.2, 0) is 4.79 Å². The average molecular weight is 409 g/mol. The molecule has 0 aliphatic carbocycles. The molecule has 20 heavy (non-hydrogen) atoms. The summed E-state index contributed by atoms with van der Waals surface area (Å²) >= 11 is 8.17. The van der Waals surface area contributed by atoms with Crippen LogP contribution in [0.5, 0.6) is 5.75 Å². The van der Waals surface area contributed by atoms with Crippen LogP contribution in [-0.4, -0.2) is 43.5 Å². The molecule has 0 spiro atoms. The van der Waals surface area contributed by atoms with Gasteiger partial charge < -0.3 is 15.0 Å². The van der Waals surface area contributed by atoms with Crippen LogP contribution in [0.3, 0.4) is 0 Å². The maximum atomic E-state index is 12.5. The van der Waals surface area contributed by atoms with Gasteiger partial charge in [0.2, 0.25) is 5.91 Å². The highest BCUT2D eigenvalue weighted by Gasteiger charge is 2.23. The molecule has 0 bridgehead atoms. The van der Waals surface area contributed by atoms with Gasteiger partial charge in [-0.3, -0.25) is 9.59 Å². The number of halogens is 2. The molecule has 1 fully saturated rings. The third-order valence-corrected chi connectivity index (χ3v) is 4.60. The molecule has 0 unspecified atom stereocenters. The first-order chi connectivity index (χ1) is 9.52. The lowest BCUT2D eigenvalue weighted by Gasteiger charge is -2.21. The summed E-state index contributed by atoms with van der Waals surface area (Å²) in [6, 6.07) is 3.35. The van der Waals surface area contributed by atoms with Crippen molar-refractivity contribution in [1.82, 2.24) is 10.2 Å². The van der Waals surface area contributed by atoms with Gasteiger partial charge >= 0.3 is 0 Å². The van der Waals surface area contributed by atoms with Gasteiger partial charge in [-0.05, 0) is 34.7 Å². The molecule has 2 rings (SSSR count). The molecule has 0 atom stereocenters. The van der Waals surface area contributed by atoms with E-state index < -0.39 is 0 Å². The van der Waals surface area contributed by atoms with E-state index in [1.807, 2.05) is 0 Å². The van der Waals surface area contributed by atoms with Gasteiger partial charge in [0.15, 0.2) is 0 Å². The molecule has 0 saturated carbocycles. The van der Waals surface area contributed by atoms with E-state index in [1.54, 1.807) is 17.0 Å². The van der Waals surface area contributed by atoms with E-state index in [4.69, 9.17) is 16.3 Å². The van der Waals surface area contributed by atoms with Crippen LogP contribution in [0.4, 0.5) is 0 Å². The van der Waals surface area contributed by atoms with Crippen LogP contribution < -0.4 is 10.1 Å². The Bertz CT molecular complexity index is 551. The van der Waals surface area contributed by atoms with Crippen LogP contribution in [0, 0.1) is 3.57 Å². The third kappa shape index (κ3) is 3.35. The molecule has 1 heterocycles. The number of amides is 2. The van der Waals surface area contributed by atoms with Crippen molar-refractivity contribution in [2.75, 3.05) is 26.7 Å². The third-order valence-electron chi connectivity index (χ3n) is 3.07. The van der Waals surface area contributed by atoms with Crippen LogP contribution >= 0.6 is 34.2 Å². The topological polar surface area (TPSA) is 58.6 Å². The van der Waals surface area contributed by atoms with Crippen molar-refractivity contribution in [2.45, 2.75) is 6.42 Å². The van der Waals surface area contributed by atoms with Crippen LogP contribution in [0.15, 0.2) is 12.1 Å². The van der Waals surface area contributed by atoms with Gasteiger partial charge in [-0.2, -0.15) is 0 Å². The smallest absolute Gasteiger partial charge is 0.257 e. The molecule has 7 heteroatoms. The molecule has 0 aromatic heterocycles. The number of benzene rings is 1. The molecular formula is C13H14ClIN2O3. The Morgan fingerprint density at radius 3 is 2.90 bits per heavy atom. The van der Waals surface area contributed by atoms with Crippen molar-refractivity contribution < 1.29 is 14.3 Å². The highest BCUT2D eigenvalue weighted by molar-refractivity contribution is 14.1.